The fraction of sp³-hybridized carbons (Fsp3) is 0.143. The summed E-state index contributed by atoms with van der Waals surface area (Å²) in [6, 6.07) is 9.50. The van der Waals surface area contributed by atoms with Crippen molar-refractivity contribution < 1.29 is 14.3 Å². The molecule has 1 aromatic rings. The van der Waals surface area contributed by atoms with Crippen molar-refractivity contribution in [1.29, 1.82) is 0 Å². The van der Waals surface area contributed by atoms with E-state index in [0.717, 1.165) is 11.6 Å². The van der Waals surface area contributed by atoms with Crippen LogP contribution in [0.15, 0.2) is 52.2 Å². The second-order valence-electron chi connectivity index (χ2n) is 4.12. The molecule has 0 saturated carbocycles. The van der Waals surface area contributed by atoms with Gasteiger partial charge in [0.15, 0.2) is 0 Å². The Morgan fingerprint density at radius 3 is 2.76 bits per heavy atom. The van der Waals surface area contributed by atoms with E-state index in [2.05, 4.69) is 20.1 Å². The number of guanidine groups is 1. The highest BCUT2D eigenvalue weighted by Gasteiger charge is 2.23. The minimum absolute atomic E-state index is 0.0152. The Bertz CT molecular complexity index is 635. The molecular formula is C14H14N4O3. The van der Waals surface area contributed by atoms with Crippen LogP contribution in [-0.2, 0) is 14.3 Å². The van der Waals surface area contributed by atoms with Gasteiger partial charge in [-0.1, -0.05) is 30.3 Å². The Labute approximate surface area is 121 Å². The van der Waals surface area contributed by atoms with Crippen LogP contribution in [0.25, 0.3) is 0 Å². The molecular weight excluding hydrogens is 272 g/mol. The zero-order valence-electron chi connectivity index (χ0n) is 11.6. The van der Waals surface area contributed by atoms with Gasteiger partial charge in [0.1, 0.15) is 5.70 Å². The fourth-order valence-corrected chi connectivity index (χ4v) is 1.53. The molecule has 0 saturated heterocycles. The third-order valence-electron chi connectivity index (χ3n) is 2.63. The van der Waals surface area contributed by atoms with Crippen LogP contribution in [0, 0.1) is 0 Å². The number of ether oxygens (including phenoxy) is 1. The van der Waals surface area contributed by atoms with Gasteiger partial charge in [-0.2, -0.15) is 5.10 Å². The molecule has 108 valence electrons. The standard InChI is InChI=1S/C14H14N4O3/c1-18(15-9-10-6-4-3-5-7-10)14-16-11(13(20)17-14)8-12(19)21-2/h3-9H,1-2H3,(H,16,17,20)/b11-8+,15-9+. The monoisotopic (exact) mass is 286 g/mol. The third kappa shape index (κ3) is 3.75. The van der Waals surface area contributed by atoms with Crippen molar-refractivity contribution in [2.45, 2.75) is 0 Å². The lowest BCUT2D eigenvalue weighted by molar-refractivity contribution is -0.135. The van der Waals surface area contributed by atoms with Crippen molar-refractivity contribution >= 4 is 24.1 Å². The highest BCUT2D eigenvalue weighted by atomic mass is 16.5. The predicted octanol–water partition coefficient (Wildman–Crippen LogP) is 0.495. The second-order valence-corrected chi connectivity index (χ2v) is 4.12. The topological polar surface area (TPSA) is 83.4 Å². The van der Waals surface area contributed by atoms with Gasteiger partial charge in [0.05, 0.1) is 19.4 Å². The van der Waals surface area contributed by atoms with Crippen LogP contribution in [0.2, 0.25) is 0 Å². The first-order chi connectivity index (χ1) is 10.1. The van der Waals surface area contributed by atoms with E-state index < -0.39 is 11.9 Å². The van der Waals surface area contributed by atoms with Gasteiger partial charge in [0.25, 0.3) is 5.91 Å². The molecule has 0 fully saturated rings. The molecule has 1 aliphatic rings. The summed E-state index contributed by atoms with van der Waals surface area (Å²) in [5, 5.41) is 8.09. The fourth-order valence-electron chi connectivity index (χ4n) is 1.53. The zero-order valence-corrected chi connectivity index (χ0v) is 11.6. The normalized spacial score (nSPS) is 16.0. The van der Waals surface area contributed by atoms with Gasteiger partial charge in [-0.3, -0.25) is 10.1 Å². The zero-order chi connectivity index (χ0) is 15.2. The second kappa shape index (κ2) is 6.47. The predicted molar refractivity (Wildman–Crippen MR) is 77.5 cm³/mol. The molecule has 0 spiro atoms. The first kappa shape index (κ1) is 14.4. The Morgan fingerprint density at radius 2 is 2.10 bits per heavy atom. The number of hydrazone groups is 1. The molecule has 1 heterocycles. The molecule has 0 atom stereocenters. The molecule has 1 aromatic carbocycles. The van der Waals surface area contributed by atoms with Crippen LogP contribution in [0.1, 0.15) is 5.56 Å². The highest BCUT2D eigenvalue weighted by Crippen LogP contribution is 2.07. The Hall–Kier alpha value is -2.96. The molecule has 7 heteroatoms. The number of carbonyl (C=O) groups excluding carboxylic acids is 2. The number of rotatable bonds is 3. The number of esters is 1. The summed E-state index contributed by atoms with van der Waals surface area (Å²) in [7, 11) is 2.87. The largest absolute Gasteiger partial charge is 0.466 e. The van der Waals surface area contributed by atoms with Crippen LogP contribution in [0.5, 0.6) is 0 Å². The highest BCUT2D eigenvalue weighted by molar-refractivity contribution is 6.13. The van der Waals surface area contributed by atoms with Crippen LogP contribution in [-0.4, -0.2) is 43.2 Å². The van der Waals surface area contributed by atoms with Gasteiger partial charge >= 0.3 is 5.97 Å². The summed E-state index contributed by atoms with van der Waals surface area (Å²) in [5.74, 6) is -0.875. The smallest absolute Gasteiger partial charge is 0.332 e. The van der Waals surface area contributed by atoms with Gasteiger partial charge < -0.3 is 4.74 Å². The van der Waals surface area contributed by atoms with Gasteiger partial charge in [-0.15, -0.1) is 0 Å². The van der Waals surface area contributed by atoms with Crippen molar-refractivity contribution in [3.8, 4) is 0 Å². The quantitative estimate of drug-likeness (QED) is 0.379. The lowest BCUT2D eigenvalue weighted by atomic mass is 10.2. The van der Waals surface area contributed by atoms with E-state index in [1.54, 1.807) is 13.3 Å². The first-order valence-electron chi connectivity index (χ1n) is 6.12. The van der Waals surface area contributed by atoms with E-state index in [-0.39, 0.29) is 11.7 Å². The molecule has 0 radical (unpaired) electrons. The lowest BCUT2D eigenvalue weighted by Gasteiger charge is -2.10. The summed E-state index contributed by atoms with van der Waals surface area (Å²) in [4.78, 5) is 26.7. The molecule has 2 rings (SSSR count). The molecule has 0 bridgehead atoms. The van der Waals surface area contributed by atoms with Crippen molar-refractivity contribution in [1.82, 2.24) is 10.3 Å². The molecule has 1 N–H and O–H groups in total. The van der Waals surface area contributed by atoms with E-state index in [1.807, 2.05) is 30.3 Å². The van der Waals surface area contributed by atoms with Crippen LogP contribution < -0.4 is 5.32 Å². The summed E-state index contributed by atoms with van der Waals surface area (Å²) >= 11 is 0. The maximum Gasteiger partial charge on any atom is 0.332 e. The van der Waals surface area contributed by atoms with Gasteiger partial charge in [-0.05, 0) is 5.56 Å². The van der Waals surface area contributed by atoms with Crippen molar-refractivity contribution in [2.24, 2.45) is 10.1 Å². The van der Waals surface area contributed by atoms with Gasteiger partial charge in [0, 0.05) is 7.05 Å². The number of aliphatic imine (C=N–C) groups is 1. The van der Waals surface area contributed by atoms with E-state index in [4.69, 9.17) is 0 Å². The number of carbonyl (C=O) groups is 2. The minimum atomic E-state index is -0.638. The summed E-state index contributed by atoms with van der Waals surface area (Å²) in [6.45, 7) is 0. The average molecular weight is 286 g/mol. The minimum Gasteiger partial charge on any atom is -0.466 e. The van der Waals surface area contributed by atoms with Crippen LogP contribution >= 0.6 is 0 Å². The Kier molecular flexibility index (Phi) is 4.45. The molecule has 1 amide bonds. The Morgan fingerprint density at radius 1 is 1.38 bits per heavy atom. The molecule has 1 aliphatic heterocycles. The summed E-state index contributed by atoms with van der Waals surface area (Å²) < 4.78 is 4.45. The number of hydrogen-bond donors (Lipinski definition) is 1. The SMILES string of the molecule is COC(=O)/C=C1/N=C(N(C)/N=C/c2ccccc2)NC1=O. The van der Waals surface area contributed by atoms with Crippen LogP contribution in [0.3, 0.4) is 0 Å². The van der Waals surface area contributed by atoms with Gasteiger partial charge in [-0.25, -0.2) is 14.8 Å². The van der Waals surface area contributed by atoms with E-state index in [1.165, 1.54) is 12.1 Å². The van der Waals surface area contributed by atoms with Gasteiger partial charge in [0.2, 0.25) is 5.96 Å². The number of nitrogens with one attached hydrogen (secondary N) is 1. The molecule has 0 aromatic heterocycles. The molecule has 0 aliphatic carbocycles. The van der Waals surface area contributed by atoms with Crippen molar-refractivity contribution in [2.75, 3.05) is 14.2 Å². The lowest BCUT2D eigenvalue weighted by Crippen LogP contribution is -2.34. The van der Waals surface area contributed by atoms with Crippen molar-refractivity contribution in [3.05, 3.63) is 47.7 Å². The number of benzene rings is 1. The number of hydrogen-bond acceptors (Lipinski definition) is 6. The average Bonchev–Trinajstić information content (AvgIpc) is 2.87. The maximum absolute atomic E-state index is 11.6. The molecule has 7 nitrogen and oxygen atoms in total. The van der Waals surface area contributed by atoms with Crippen LogP contribution in [0.4, 0.5) is 0 Å². The van der Waals surface area contributed by atoms with Crippen molar-refractivity contribution in [3.63, 3.8) is 0 Å². The van der Waals surface area contributed by atoms with E-state index in [9.17, 15) is 9.59 Å². The first-order valence-corrected chi connectivity index (χ1v) is 6.12. The number of methoxy groups -OCH3 is 1. The Balaban J connectivity index is 2.10. The summed E-state index contributed by atoms with van der Waals surface area (Å²) in [6.07, 6.45) is 2.66. The summed E-state index contributed by atoms with van der Waals surface area (Å²) in [5.41, 5.74) is 0.901. The molecule has 21 heavy (non-hydrogen) atoms. The molecule has 0 unspecified atom stereocenters. The maximum atomic E-state index is 11.6. The number of amides is 1. The van der Waals surface area contributed by atoms with E-state index >= 15 is 0 Å². The third-order valence-corrected chi connectivity index (χ3v) is 2.63. The number of nitrogens with zero attached hydrogens (tertiary/aromatic N) is 3. The van der Waals surface area contributed by atoms with E-state index in [0.29, 0.717) is 0 Å².